The molecule has 0 aliphatic carbocycles. The zero-order valence-corrected chi connectivity index (χ0v) is 17.3. The molecule has 1 saturated heterocycles. The van der Waals surface area contributed by atoms with Crippen molar-refractivity contribution in [1.82, 2.24) is 5.32 Å². The van der Waals surface area contributed by atoms with E-state index in [9.17, 15) is 9.00 Å². The van der Waals surface area contributed by atoms with Gasteiger partial charge < -0.3 is 19.7 Å². The SMILES string of the molecule is COC(=O)c1cc(C)c2c(c1)S(=O)Cc1cc(N3CCNCC3)cc(Cl)c1O2. The van der Waals surface area contributed by atoms with Crippen LogP contribution in [0.15, 0.2) is 29.2 Å². The molecule has 8 heteroatoms. The first-order valence-corrected chi connectivity index (χ1v) is 10.7. The van der Waals surface area contributed by atoms with Gasteiger partial charge in [-0.15, -0.1) is 0 Å². The summed E-state index contributed by atoms with van der Waals surface area (Å²) in [5.74, 6) is 0.818. The number of benzene rings is 2. The van der Waals surface area contributed by atoms with Crippen molar-refractivity contribution in [2.45, 2.75) is 17.6 Å². The van der Waals surface area contributed by atoms with Crippen molar-refractivity contribution in [1.29, 1.82) is 0 Å². The lowest BCUT2D eigenvalue weighted by Crippen LogP contribution is -2.43. The number of aryl methyl sites for hydroxylation is 1. The van der Waals surface area contributed by atoms with Crippen LogP contribution in [0.2, 0.25) is 5.02 Å². The lowest BCUT2D eigenvalue weighted by Gasteiger charge is -2.30. The predicted molar refractivity (Wildman–Crippen MR) is 109 cm³/mol. The summed E-state index contributed by atoms with van der Waals surface area (Å²) in [5, 5.41) is 3.82. The van der Waals surface area contributed by atoms with Crippen LogP contribution in [0, 0.1) is 6.92 Å². The molecule has 1 N–H and O–H groups in total. The molecule has 0 amide bonds. The van der Waals surface area contributed by atoms with E-state index < -0.39 is 16.8 Å². The van der Waals surface area contributed by atoms with E-state index in [4.69, 9.17) is 21.1 Å². The van der Waals surface area contributed by atoms with Crippen LogP contribution < -0.4 is 15.0 Å². The van der Waals surface area contributed by atoms with Gasteiger partial charge in [0.15, 0.2) is 0 Å². The minimum atomic E-state index is -1.38. The molecule has 6 nitrogen and oxygen atoms in total. The monoisotopic (exact) mass is 420 g/mol. The van der Waals surface area contributed by atoms with Crippen LogP contribution in [-0.4, -0.2) is 43.5 Å². The van der Waals surface area contributed by atoms with Gasteiger partial charge in [0, 0.05) is 37.4 Å². The maximum atomic E-state index is 13.1. The first-order chi connectivity index (χ1) is 13.5. The molecule has 0 saturated carbocycles. The largest absolute Gasteiger partial charge is 0.465 e. The number of methoxy groups -OCH3 is 1. The Balaban J connectivity index is 1.77. The van der Waals surface area contributed by atoms with Gasteiger partial charge in [-0.1, -0.05) is 11.6 Å². The minimum absolute atomic E-state index is 0.270. The lowest BCUT2D eigenvalue weighted by molar-refractivity contribution is 0.0600. The number of fused-ring (bicyclic) bond motifs is 2. The molecule has 1 fully saturated rings. The molecule has 2 heterocycles. The number of nitrogens with one attached hydrogen (secondary N) is 1. The van der Waals surface area contributed by atoms with Crippen molar-refractivity contribution < 1.29 is 18.5 Å². The molecular weight excluding hydrogens is 400 g/mol. The van der Waals surface area contributed by atoms with Crippen molar-refractivity contribution in [2.75, 3.05) is 38.2 Å². The van der Waals surface area contributed by atoms with Crippen LogP contribution >= 0.6 is 11.6 Å². The Morgan fingerprint density at radius 3 is 2.68 bits per heavy atom. The van der Waals surface area contributed by atoms with Crippen LogP contribution in [0.1, 0.15) is 21.5 Å². The summed E-state index contributed by atoms with van der Waals surface area (Å²) in [5.41, 5.74) is 2.87. The Bertz CT molecular complexity index is 973. The fraction of sp³-hybridized carbons (Fsp3) is 0.350. The van der Waals surface area contributed by atoms with E-state index in [1.54, 1.807) is 12.1 Å². The van der Waals surface area contributed by atoms with Crippen molar-refractivity contribution in [3.8, 4) is 11.5 Å². The Morgan fingerprint density at radius 1 is 1.21 bits per heavy atom. The number of nitrogens with zero attached hydrogens (tertiary/aromatic N) is 1. The highest BCUT2D eigenvalue weighted by molar-refractivity contribution is 7.84. The van der Waals surface area contributed by atoms with Gasteiger partial charge in [0.05, 0.1) is 39.1 Å². The topological polar surface area (TPSA) is 67.9 Å². The van der Waals surface area contributed by atoms with Crippen LogP contribution in [0.3, 0.4) is 0 Å². The summed E-state index contributed by atoms with van der Waals surface area (Å²) in [6.45, 7) is 5.42. The average Bonchev–Trinajstić information content (AvgIpc) is 2.85. The van der Waals surface area contributed by atoms with Gasteiger partial charge >= 0.3 is 5.97 Å². The highest BCUT2D eigenvalue weighted by Crippen LogP contribution is 2.44. The number of ether oxygens (including phenoxy) is 2. The predicted octanol–water partition coefficient (Wildman–Crippen LogP) is 3.26. The number of carbonyl (C=O) groups is 1. The van der Waals surface area contributed by atoms with Crippen molar-refractivity contribution in [2.24, 2.45) is 0 Å². The Hall–Kier alpha value is -2.09. The molecule has 148 valence electrons. The number of carbonyl (C=O) groups excluding carboxylic acids is 1. The molecule has 0 spiro atoms. The molecule has 1 unspecified atom stereocenters. The zero-order valence-electron chi connectivity index (χ0n) is 15.7. The quantitative estimate of drug-likeness (QED) is 0.752. The van der Waals surface area contributed by atoms with Gasteiger partial charge in [-0.2, -0.15) is 0 Å². The second-order valence-corrected chi connectivity index (χ2v) is 8.68. The van der Waals surface area contributed by atoms with E-state index in [1.165, 1.54) is 7.11 Å². The summed E-state index contributed by atoms with van der Waals surface area (Å²) in [4.78, 5) is 14.7. The van der Waals surface area contributed by atoms with Gasteiger partial charge in [-0.3, -0.25) is 4.21 Å². The summed E-state index contributed by atoms with van der Waals surface area (Å²) in [6, 6.07) is 7.17. The Kier molecular flexibility index (Phi) is 5.31. The van der Waals surface area contributed by atoms with Crippen LogP contribution in [-0.2, 0) is 21.3 Å². The highest BCUT2D eigenvalue weighted by Gasteiger charge is 2.27. The number of hydrogen-bond acceptors (Lipinski definition) is 6. The standard InChI is InChI=1S/C20H21ClN2O4S/c1-12-7-13(20(24)26-2)9-17-18(12)27-19-14(11-28(17)25)8-15(10-16(19)21)23-5-3-22-4-6-23/h7-10,22H,3-6,11H2,1-2H3. The Labute approximate surface area is 171 Å². The fourth-order valence-electron chi connectivity index (χ4n) is 3.56. The molecule has 28 heavy (non-hydrogen) atoms. The number of halogens is 1. The van der Waals surface area contributed by atoms with Crippen molar-refractivity contribution in [3.05, 3.63) is 46.0 Å². The van der Waals surface area contributed by atoms with E-state index in [0.29, 0.717) is 32.5 Å². The average molecular weight is 421 g/mol. The van der Waals surface area contributed by atoms with Gasteiger partial charge in [-0.25, -0.2) is 4.79 Å². The maximum Gasteiger partial charge on any atom is 0.337 e. The van der Waals surface area contributed by atoms with Crippen LogP contribution in [0.25, 0.3) is 0 Å². The molecule has 0 radical (unpaired) electrons. The van der Waals surface area contributed by atoms with E-state index in [-0.39, 0.29) is 5.75 Å². The van der Waals surface area contributed by atoms with Gasteiger partial charge in [-0.05, 0) is 36.8 Å². The summed E-state index contributed by atoms with van der Waals surface area (Å²) < 4.78 is 24.0. The molecule has 4 rings (SSSR count). The first kappa shape index (κ1) is 19.2. The second kappa shape index (κ2) is 7.73. The summed E-state index contributed by atoms with van der Waals surface area (Å²) >= 11 is 6.57. The molecule has 2 aliphatic rings. The second-order valence-electron chi connectivity index (χ2n) is 6.86. The van der Waals surface area contributed by atoms with Gasteiger partial charge in [0.25, 0.3) is 0 Å². The molecule has 0 aromatic heterocycles. The number of esters is 1. The van der Waals surface area contributed by atoms with E-state index in [0.717, 1.165) is 37.4 Å². The number of hydrogen-bond donors (Lipinski definition) is 1. The number of piperazine rings is 1. The lowest BCUT2D eigenvalue weighted by atomic mass is 10.1. The first-order valence-electron chi connectivity index (χ1n) is 9.05. The molecule has 2 aliphatic heterocycles. The number of anilines is 1. The third kappa shape index (κ3) is 3.50. The van der Waals surface area contributed by atoms with Gasteiger partial charge in [0.1, 0.15) is 11.5 Å². The molecule has 2 aromatic rings. The summed E-state index contributed by atoms with van der Waals surface area (Å²) in [7, 11) is -0.0532. The molecular formula is C20H21ClN2O4S. The summed E-state index contributed by atoms with van der Waals surface area (Å²) in [6.07, 6.45) is 0. The van der Waals surface area contributed by atoms with E-state index in [1.807, 2.05) is 19.1 Å². The molecule has 2 aromatic carbocycles. The highest BCUT2D eigenvalue weighted by atomic mass is 35.5. The fourth-order valence-corrected chi connectivity index (χ4v) is 5.15. The maximum absolute atomic E-state index is 13.1. The van der Waals surface area contributed by atoms with Crippen LogP contribution in [0.5, 0.6) is 11.5 Å². The van der Waals surface area contributed by atoms with Crippen molar-refractivity contribution >= 4 is 34.1 Å². The third-order valence-corrected chi connectivity index (χ3v) is 6.63. The van der Waals surface area contributed by atoms with Crippen molar-refractivity contribution in [3.63, 3.8) is 0 Å². The number of rotatable bonds is 2. The third-order valence-electron chi connectivity index (χ3n) is 4.99. The van der Waals surface area contributed by atoms with E-state index >= 15 is 0 Å². The van der Waals surface area contributed by atoms with E-state index in [2.05, 4.69) is 10.2 Å². The Morgan fingerprint density at radius 2 is 1.96 bits per heavy atom. The normalized spacial score (nSPS) is 18.5. The van der Waals surface area contributed by atoms with Crippen LogP contribution in [0.4, 0.5) is 5.69 Å². The zero-order chi connectivity index (χ0) is 19.8. The minimum Gasteiger partial charge on any atom is -0.465 e. The van der Waals surface area contributed by atoms with Gasteiger partial charge in [0.2, 0.25) is 0 Å². The smallest absolute Gasteiger partial charge is 0.337 e. The molecule has 1 atom stereocenters. The molecule has 0 bridgehead atoms.